The van der Waals surface area contributed by atoms with Gasteiger partial charge in [-0.3, -0.25) is 4.79 Å². The van der Waals surface area contributed by atoms with Crippen LogP contribution in [0.2, 0.25) is 0 Å². The molecular formula is C12H21FO3. The van der Waals surface area contributed by atoms with Gasteiger partial charge in [0.2, 0.25) is 0 Å². The van der Waals surface area contributed by atoms with Gasteiger partial charge in [-0.25, -0.2) is 4.39 Å². The second-order valence-corrected chi connectivity index (χ2v) is 5.07. The van der Waals surface area contributed by atoms with Crippen molar-refractivity contribution in [2.75, 3.05) is 0 Å². The Bertz CT molecular complexity index is 253. The summed E-state index contributed by atoms with van der Waals surface area (Å²) in [5.74, 6) is -0.241. The van der Waals surface area contributed by atoms with E-state index >= 15 is 0 Å². The summed E-state index contributed by atoms with van der Waals surface area (Å²) >= 11 is 0. The molecule has 1 rings (SSSR count). The predicted octanol–water partition coefficient (Wildman–Crippen LogP) is 2.34. The third-order valence-corrected chi connectivity index (χ3v) is 2.88. The average molecular weight is 232 g/mol. The zero-order valence-electron chi connectivity index (χ0n) is 10.6. The van der Waals surface area contributed by atoms with E-state index in [1.54, 1.807) is 0 Å². The highest BCUT2D eigenvalue weighted by Crippen LogP contribution is 2.34. The van der Waals surface area contributed by atoms with Gasteiger partial charge < -0.3 is 9.47 Å². The van der Waals surface area contributed by atoms with Crippen LogP contribution in [0.15, 0.2) is 0 Å². The number of hydrogen-bond acceptors (Lipinski definition) is 3. The minimum atomic E-state index is -1.23. The number of hydrogen-bond donors (Lipinski definition) is 0. The van der Waals surface area contributed by atoms with Crippen LogP contribution in [0.25, 0.3) is 0 Å². The van der Waals surface area contributed by atoms with Crippen LogP contribution in [0.5, 0.6) is 0 Å². The molecule has 4 heteroatoms. The molecule has 0 aromatic heterocycles. The summed E-state index contributed by atoms with van der Waals surface area (Å²) in [6, 6.07) is 0. The summed E-state index contributed by atoms with van der Waals surface area (Å²) in [6.45, 7) is 9.00. The number of carbonyl (C=O) groups excluding carboxylic acids is 1. The molecule has 4 unspecified atom stereocenters. The summed E-state index contributed by atoms with van der Waals surface area (Å²) in [7, 11) is 0. The highest BCUT2D eigenvalue weighted by atomic mass is 19.1. The molecule has 0 aliphatic carbocycles. The number of alkyl halides is 1. The number of ether oxygens (including phenoxy) is 2. The second kappa shape index (κ2) is 5.13. The fraction of sp³-hybridized carbons (Fsp3) is 0.917. The van der Waals surface area contributed by atoms with Crippen LogP contribution in [-0.4, -0.2) is 30.5 Å². The highest BCUT2D eigenvalue weighted by molar-refractivity contribution is 5.66. The minimum Gasteiger partial charge on any atom is -0.457 e. The minimum absolute atomic E-state index is 0.0804. The normalized spacial score (nSPS) is 34.8. The first kappa shape index (κ1) is 13.4. The van der Waals surface area contributed by atoms with Crippen molar-refractivity contribution < 1.29 is 18.7 Å². The smallest absolute Gasteiger partial charge is 0.303 e. The third kappa shape index (κ3) is 2.73. The van der Waals surface area contributed by atoms with Crippen molar-refractivity contribution in [3.8, 4) is 0 Å². The van der Waals surface area contributed by atoms with Crippen molar-refractivity contribution in [3.63, 3.8) is 0 Å². The van der Waals surface area contributed by atoms with E-state index < -0.39 is 24.3 Å². The lowest BCUT2D eigenvalue weighted by Crippen LogP contribution is -2.36. The Morgan fingerprint density at radius 1 is 1.19 bits per heavy atom. The van der Waals surface area contributed by atoms with Gasteiger partial charge >= 0.3 is 5.97 Å². The van der Waals surface area contributed by atoms with Gasteiger partial charge in [0.1, 0.15) is 6.10 Å². The van der Waals surface area contributed by atoms with E-state index in [1.807, 2.05) is 27.7 Å². The molecule has 0 N–H and O–H groups in total. The summed E-state index contributed by atoms with van der Waals surface area (Å²) in [5, 5.41) is 0. The molecule has 0 saturated carbocycles. The van der Waals surface area contributed by atoms with E-state index in [4.69, 9.17) is 9.47 Å². The first-order valence-corrected chi connectivity index (χ1v) is 5.81. The maximum atomic E-state index is 14.1. The zero-order chi connectivity index (χ0) is 12.5. The molecule has 1 aliphatic heterocycles. The molecular weight excluding hydrogens is 211 g/mol. The number of rotatable bonds is 3. The van der Waals surface area contributed by atoms with E-state index in [0.717, 1.165) is 0 Å². The van der Waals surface area contributed by atoms with Gasteiger partial charge in [-0.05, 0) is 11.8 Å². The lowest BCUT2D eigenvalue weighted by molar-refractivity contribution is -0.152. The molecule has 1 aliphatic rings. The standard InChI is InChI=1S/C12H21FO3/c1-6(2)10-9(13)12(15-8(5)14)11(16-10)7(3)4/h6-7,9-12H,1-5H3. The van der Waals surface area contributed by atoms with Crippen LogP contribution in [0.3, 0.4) is 0 Å². The Labute approximate surface area is 96.3 Å². The van der Waals surface area contributed by atoms with Crippen molar-refractivity contribution >= 4 is 5.97 Å². The monoisotopic (exact) mass is 232 g/mol. The van der Waals surface area contributed by atoms with Crippen molar-refractivity contribution in [3.05, 3.63) is 0 Å². The van der Waals surface area contributed by atoms with Crippen molar-refractivity contribution in [2.45, 2.75) is 59.1 Å². The molecule has 0 bridgehead atoms. The molecule has 0 radical (unpaired) electrons. The number of halogens is 1. The fourth-order valence-corrected chi connectivity index (χ4v) is 2.09. The van der Waals surface area contributed by atoms with Gasteiger partial charge in [0.05, 0.1) is 6.10 Å². The topological polar surface area (TPSA) is 35.5 Å². The quantitative estimate of drug-likeness (QED) is 0.701. The SMILES string of the molecule is CC(=O)OC1C(F)C(C(C)C)OC1C(C)C. The maximum Gasteiger partial charge on any atom is 0.303 e. The van der Waals surface area contributed by atoms with Crippen molar-refractivity contribution in [1.29, 1.82) is 0 Å². The summed E-state index contributed by atoms with van der Waals surface area (Å²) < 4.78 is 24.8. The Morgan fingerprint density at radius 2 is 1.69 bits per heavy atom. The number of esters is 1. The molecule has 1 heterocycles. The molecule has 3 nitrogen and oxygen atoms in total. The van der Waals surface area contributed by atoms with Crippen LogP contribution < -0.4 is 0 Å². The molecule has 0 amide bonds. The Hall–Kier alpha value is -0.640. The van der Waals surface area contributed by atoms with Crippen LogP contribution in [-0.2, 0) is 14.3 Å². The van der Waals surface area contributed by atoms with Crippen LogP contribution in [0, 0.1) is 11.8 Å². The van der Waals surface area contributed by atoms with Crippen LogP contribution in [0.4, 0.5) is 4.39 Å². The van der Waals surface area contributed by atoms with Gasteiger partial charge in [-0.1, -0.05) is 27.7 Å². The van der Waals surface area contributed by atoms with Crippen LogP contribution in [0.1, 0.15) is 34.6 Å². The van der Waals surface area contributed by atoms with Crippen molar-refractivity contribution in [2.24, 2.45) is 11.8 Å². The lowest BCUT2D eigenvalue weighted by atomic mass is 9.96. The second-order valence-electron chi connectivity index (χ2n) is 5.07. The maximum absolute atomic E-state index is 14.1. The van der Waals surface area contributed by atoms with E-state index in [2.05, 4.69) is 0 Å². The molecule has 0 aromatic carbocycles. The van der Waals surface area contributed by atoms with E-state index in [1.165, 1.54) is 6.92 Å². The van der Waals surface area contributed by atoms with Gasteiger partial charge in [-0.2, -0.15) is 0 Å². The average Bonchev–Trinajstić information content (AvgIpc) is 2.43. The zero-order valence-corrected chi connectivity index (χ0v) is 10.6. The van der Waals surface area contributed by atoms with E-state index in [-0.39, 0.29) is 17.9 Å². The number of carbonyl (C=O) groups is 1. The van der Waals surface area contributed by atoms with Gasteiger partial charge in [0.25, 0.3) is 0 Å². The summed E-state index contributed by atoms with van der Waals surface area (Å²) in [6.07, 6.45) is -2.80. The molecule has 4 atom stereocenters. The van der Waals surface area contributed by atoms with E-state index in [9.17, 15) is 9.18 Å². The highest BCUT2D eigenvalue weighted by Gasteiger charge is 2.49. The molecule has 1 saturated heterocycles. The van der Waals surface area contributed by atoms with E-state index in [0.29, 0.717) is 0 Å². The molecule has 0 spiro atoms. The van der Waals surface area contributed by atoms with Crippen molar-refractivity contribution in [1.82, 2.24) is 0 Å². The Morgan fingerprint density at radius 3 is 2.06 bits per heavy atom. The third-order valence-electron chi connectivity index (χ3n) is 2.88. The molecule has 1 fully saturated rings. The summed E-state index contributed by atoms with van der Waals surface area (Å²) in [5.41, 5.74) is 0. The van der Waals surface area contributed by atoms with Gasteiger partial charge in [-0.15, -0.1) is 0 Å². The lowest BCUT2D eigenvalue weighted by Gasteiger charge is -2.21. The van der Waals surface area contributed by atoms with Crippen LogP contribution >= 0.6 is 0 Å². The van der Waals surface area contributed by atoms with Gasteiger partial charge in [0.15, 0.2) is 12.3 Å². The van der Waals surface area contributed by atoms with Gasteiger partial charge in [0, 0.05) is 6.92 Å². The largest absolute Gasteiger partial charge is 0.457 e. The molecule has 94 valence electrons. The predicted molar refractivity (Wildman–Crippen MR) is 58.8 cm³/mol. The molecule has 16 heavy (non-hydrogen) atoms. The fourth-order valence-electron chi connectivity index (χ4n) is 2.09. The Balaban J connectivity index is 2.80. The summed E-state index contributed by atoms with van der Waals surface area (Å²) in [4.78, 5) is 10.9. The first-order chi connectivity index (χ1) is 7.34. The molecule has 0 aromatic rings. The Kier molecular flexibility index (Phi) is 4.30. The first-order valence-electron chi connectivity index (χ1n) is 5.81.